The van der Waals surface area contributed by atoms with Crippen LogP contribution in [0.5, 0.6) is 11.5 Å². The lowest BCUT2D eigenvalue weighted by Gasteiger charge is -2.29. The average Bonchev–Trinajstić information content (AvgIpc) is 3.46. The van der Waals surface area contributed by atoms with Crippen LogP contribution in [0.15, 0.2) is 48.5 Å². The van der Waals surface area contributed by atoms with Crippen molar-refractivity contribution in [3.05, 3.63) is 59.7 Å². The van der Waals surface area contributed by atoms with Gasteiger partial charge in [0, 0.05) is 31.4 Å². The average molecular weight is 565 g/mol. The van der Waals surface area contributed by atoms with Crippen LogP contribution in [0.4, 0.5) is 13.2 Å². The number of Topliss-reactive ketones (excluding diaryl/α,β-unsaturated/α-hetero) is 1. The summed E-state index contributed by atoms with van der Waals surface area (Å²) in [6.45, 7) is 2.24. The lowest BCUT2D eigenvalue weighted by molar-refractivity contribution is -0.136. The number of likely N-dealkylation sites (tertiary alicyclic amines) is 1. The van der Waals surface area contributed by atoms with Crippen molar-refractivity contribution in [2.75, 3.05) is 33.4 Å². The van der Waals surface area contributed by atoms with Gasteiger partial charge in [-0.15, -0.1) is 0 Å². The molecule has 1 fully saturated rings. The maximum Gasteiger partial charge on any atom is 0.389 e. The molecule has 1 amide bonds. The summed E-state index contributed by atoms with van der Waals surface area (Å²) >= 11 is 0. The summed E-state index contributed by atoms with van der Waals surface area (Å²) in [5.74, 6) is 0.924. The number of nitrogens with zero attached hydrogens (tertiary/aromatic N) is 1. The fourth-order valence-electron chi connectivity index (χ4n) is 4.70. The first-order valence-electron chi connectivity index (χ1n) is 13.8. The van der Waals surface area contributed by atoms with Crippen LogP contribution in [-0.4, -0.2) is 67.3 Å². The van der Waals surface area contributed by atoms with Gasteiger partial charge in [0.25, 0.3) is 0 Å². The molecule has 1 heterocycles. The summed E-state index contributed by atoms with van der Waals surface area (Å²) in [5.41, 5.74) is 1.19. The van der Waals surface area contributed by atoms with Crippen LogP contribution < -0.4 is 14.8 Å². The van der Waals surface area contributed by atoms with Crippen molar-refractivity contribution in [2.24, 2.45) is 0 Å². The highest BCUT2D eigenvalue weighted by atomic mass is 19.4. The maximum absolute atomic E-state index is 12.8. The predicted octanol–water partition coefficient (Wildman–Crippen LogP) is 5.47. The van der Waals surface area contributed by atoms with E-state index in [9.17, 15) is 27.9 Å². The Bertz CT molecular complexity index is 1050. The van der Waals surface area contributed by atoms with Gasteiger partial charge in [0.05, 0.1) is 19.8 Å². The molecule has 2 aromatic carbocycles. The van der Waals surface area contributed by atoms with E-state index in [0.29, 0.717) is 48.4 Å². The van der Waals surface area contributed by atoms with E-state index in [4.69, 9.17) is 9.47 Å². The van der Waals surface area contributed by atoms with Crippen molar-refractivity contribution in [1.82, 2.24) is 10.2 Å². The van der Waals surface area contributed by atoms with Crippen molar-refractivity contribution in [1.29, 1.82) is 0 Å². The SMILES string of the molecule is COc1ccc(C(=O)CCCCC(=O)N[C@H](CN2CCCC2)[C@H](O)c2ccc(OCCCC(F)(F)F)cc2)cc1. The number of carbonyl (C=O) groups is 2. The van der Waals surface area contributed by atoms with Gasteiger partial charge >= 0.3 is 6.18 Å². The third kappa shape index (κ3) is 10.8. The number of unbranched alkanes of at least 4 members (excludes halogenated alkanes) is 1. The number of methoxy groups -OCH3 is 1. The number of ketones is 1. The lowest BCUT2D eigenvalue weighted by Crippen LogP contribution is -2.46. The summed E-state index contributed by atoms with van der Waals surface area (Å²) in [6, 6.07) is 13.0. The topological polar surface area (TPSA) is 88.1 Å². The second kappa shape index (κ2) is 15.6. The summed E-state index contributed by atoms with van der Waals surface area (Å²) in [4.78, 5) is 27.4. The van der Waals surface area contributed by atoms with Crippen molar-refractivity contribution < 1.29 is 37.3 Å². The van der Waals surface area contributed by atoms with Crippen molar-refractivity contribution in [3.8, 4) is 11.5 Å². The molecule has 0 saturated carbocycles. The van der Waals surface area contributed by atoms with Gasteiger partial charge in [0.2, 0.25) is 5.91 Å². The molecular formula is C30H39F3N2O5. The highest BCUT2D eigenvalue weighted by Gasteiger charge is 2.27. The molecule has 0 bridgehead atoms. The quantitative estimate of drug-likeness (QED) is 0.208. The van der Waals surface area contributed by atoms with E-state index in [2.05, 4.69) is 10.2 Å². The Kier molecular flexibility index (Phi) is 12.3. The van der Waals surface area contributed by atoms with E-state index in [1.165, 1.54) is 0 Å². The summed E-state index contributed by atoms with van der Waals surface area (Å²) < 4.78 is 47.4. The molecule has 1 aliphatic heterocycles. The molecular weight excluding hydrogens is 525 g/mol. The highest BCUT2D eigenvalue weighted by Crippen LogP contribution is 2.24. The molecule has 2 atom stereocenters. The fraction of sp³-hybridized carbons (Fsp3) is 0.533. The van der Waals surface area contributed by atoms with E-state index in [1.807, 2.05) is 0 Å². The lowest BCUT2D eigenvalue weighted by atomic mass is 10.0. The van der Waals surface area contributed by atoms with Crippen LogP contribution in [0.3, 0.4) is 0 Å². The Labute approximate surface area is 233 Å². The molecule has 2 aromatic rings. The molecule has 0 spiro atoms. The number of rotatable bonds is 16. The number of ether oxygens (including phenoxy) is 2. The molecule has 0 radical (unpaired) electrons. The van der Waals surface area contributed by atoms with Gasteiger partial charge in [-0.2, -0.15) is 13.2 Å². The fourth-order valence-corrected chi connectivity index (χ4v) is 4.70. The molecule has 3 rings (SSSR count). The molecule has 220 valence electrons. The number of hydrogen-bond acceptors (Lipinski definition) is 6. The minimum absolute atomic E-state index is 0.0122. The predicted molar refractivity (Wildman–Crippen MR) is 146 cm³/mol. The Hall–Kier alpha value is -3.11. The minimum Gasteiger partial charge on any atom is -0.497 e. The second-order valence-corrected chi connectivity index (χ2v) is 10.1. The van der Waals surface area contributed by atoms with E-state index in [-0.39, 0.29) is 31.1 Å². The van der Waals surface area contributed by atoms with Gasteiger partial charge in [0.15, 0.2) is 5.78 Å². The molecule has 1 saturated heterocycles. The van der Waals surface area contributed by atoms with Crippen molar-refractivity contribution >= 4 is 11.7 Å². The first kappa shape index (κ1) is 31.4. The van der Waals surface area contributed by atoms with Crippen molar-refractivity contribution in [3.63, 3.8) is 0 Å². The Morgan fingerprint density at radius 2 is 1.57 bits per heavy atom. The van der Waals surface area contributed by atoms with Gasteiger partial charge in [-0.05, 0) is 87.2 Å². The zero-order chi connectivity index (χ0) is 29.0. The number of nitrogens with one attached hydrogen (secondary N) is 1. The highest BCUT2D eigenvalue weighted by molar-refractivity contribution is 5.96. The van der Waals surface area contributed by atoms with Crippen LogP contribution in [0.2, 0.25) is 0 Å². The number of benzene rings is 2. The molecule has 0 aliphatic carbocycles. The number of carbonyl (C=O) groups excluding carboxylic acids is 2. The molecule has 10 heteroatoms. The Balaban J connectivity index is 1.48. The zero-order valence-corrected chi connectivity index (χ0v) is 22.9. The van der Waals surface area contributed by atoms with E-state index >= 15 is 0 Å². The Morgan fingerprint density at radius 3 is 2.20 bits per heavy atom. The van der Waals surface area contributed by atoms with Gasteiger partial charge < -0.3 is 24.8 Å². The van der Waals surface area contributed by atoms with E-state index < -0.39 is 24.7 Å². The normalized spacial score (nSPS) is 15.4. The van der Waals surface area contributed by atoms with Gasteiger partial charge in [-0.25, -0.2) is 0 Å². The van der Waals surface area contributed by atoms with E-state index in [1.54, 1.807) is 55.6 Å². The number of halogens is 3. The third-order valence-electron chi connectivity index (χ3n) is 6.95. The molecule has 40 heavy (non-hydrogen) atoms. The maximum atomic E-state index is 12.8. The summed E-state index contributed by atoms with van der Waals surface area (Å²) in [7, 11) is 1.57. The smallest absolute Gasteiger partial charge is 0.389 e. The largest absolute Gasteiger partial charge is 0.497 e. The number of hydrogen-bond donors (Lipinski definition) is 2. The molecule has 7 nitrogen and oxygen atoms in total. The molecule has 2 N–H and O–H groups in total. The number of amides is 1. The first-order valence-corrected chi connectivity index (χ1v) is 13.8. The third-order valence-corrected chi connectivity index (χ3v) is 6.95. The number of aliphatic hydroxyl groups is 1. The summed E-state index contributed by atoms with van der Waals surface area (Å²) in [6.07, 6.45) is -2.38. The second-order valence-electron chi connectivity index (χ2n) is 10.1. The monoisotopic (exact) mass is 564 g/mol. The number of alkyl halides is 3. The van der Waals surface area contributed by atoms with Gasteiger partial charge in [-0.1, -0.05) is 12.1 Å². The van der Waals surface area contributed by atoms with Gasteiger partial charge in [0.1, 0.15) is 17.6 Å². The first-order chi connectivity index (χ1) is 19.1. The van der Waals surface area contributed by atoms with Crippen LogP contribution in [-0.2, 0) is 4.79 Å². The van der Waals surface area contributed by atoms with Crippen LogP contribution in [0, 0.1) is 0 Å². The summed E-state index contributed by atoms with van der Waals surface area (Å²) in [5, 5.41) is 14.1. The zero-order valence-electron chi connectivity index (χ0n) is 22.9. The molecule has 0 unspecified atom stereocenters. The van der Waals surface area contributed by atoms with Crippen LogP contribution >= 0.6 is 0 Å². The standard InChI is InChI=1S/C30H39F3N2O5/c1-39-24-13-9-22(10-14-24)27(36)7-2-3-8-28(37)34-26(21-35-18-4-5-19-35)29(38)23-11-15-25(16-12-23)40-20-6-17-30(31,32)33/h9-16,26,29,38H,2-8,17-21H2,1H3,(H,34,37)/t26-,29-/m1/s1. The molecule has 0 aromatic heterocycles. The van der Waals surface area contributed by atoms with E-state index in [0.717, 1.165) is 25.9 Å². The van der Waals surface area contributed by atoms with Gasteiger partial charge in [-0.3, -0.25) is 9.59 Å². The minimum atomic E-state index is -4.21. The Morgan fingerprint density at radius 1 is 0.950 bits per heavy atom. The molecule has 1 aliphatic rings. The van der Waals surface area contributed by atoms with Crippen LogP contribution in [0.1, 0.15) is 73.4 Å². The van der Waals surface area contributed by atoms with Crippen molar-refractivity contribution in [2.45, 2.75) is 69.7 Å². The van der Waals surface area contributed by atoms with Crippen LogP contribution in [0.25, 0.3) is 0 Å². The number of aliphatic hydroxyl groups excluding tert-OH is 1.